The Bertz CT molecular complexity index is 424. The fourth-order valence-corrected chi connectivity index (χ4v) is 2.49. The van der Waals surface area contributed by atoms with Crippen LogP contribution in [0.3, 0.4) is 0 Å². The molecule has 2 heteroatoms. The molecule has 2 nitrogen and oxygen atoms in total. The molecule has 0 radical (unpaired) electrons. The average Bonchev–Trinajstić information content (AvgIpc) is 2.48. The summed E-state index contributed by atoms with van der Waals surface area (Å²) >= 11 is 0. The van der Waals surface area contributed by atoms with Crippen molar-refractivity contribution in [2.24, 2.45) is 0 Å². The Hall–Kier alpha value is -1.57. The second kappa shape index (κ2) is 10.2. The van der Waals surface area contributed by atoms with Gasteiger partial charge in [0.25, 0.3) is 0 Å². The number of benzene rings is 1. The van der Waals surface area contributed by atoms with E-state index in [4.69, 9.17) is 0 Å². The third-order valence-corrected chi connectivity index (χ3v) is 3.72. The zero-order chi connectivity index (χ0) is 15.5. The number of hydrogen-bond acceptors (Lipinski definition) is 1. The monoisotopic (exact) mass is 287 g/mol. The van der Waals surface area contributed by atoms with Gasteiger partial charge >= 0.3 is 0 Å². The van der Waals surface area contributed by atoms with Crippen molar-refractivity contribution in [1.29, 1.82) is 0 Å². The van der Waals surface area contributed by atoms with E-state index in [0.29, 0.717) is 11.6 Å². The number of nitrogens with one attached hydrogen (secondary N) is 1. The van der Waals surface area contributed by atoms with Gasteiger partial charge in [-0.25, -0.2) is 0 Å². The minimum Gasteiger partial charge on any atom is -0.350 e. The van der Waals surface area contributed by atoms with Gasteiger partial charge in [0.1, 0.15) is 0 Å². The van der Waals surface area contributed by atoms with E-state index in [1.54, 1.807) is 6.92 Å². The molecule has 0 heterocycles. The lowest BCUT2D eigenvalue weighted by Crippen LogP contribution is -2.35. The summed E-state index contributed by atoms with van der Waals surface area (Å²) in [6.45, 7) is 7.62. The van der Waals surface area contributed by atoms with Crippen molar-refractivity contribution in [1.82, 2.24) is 5.32 Å². The first-order chi connectivity index (χ1) is 10.1. The molecule has 1 N–H and O–H groups in total. The fourth-order valence-electron chi connectivity index (χ4n) is 2.49. The summed E-state index contributed by atoms with van der Waals surface area (Å²) in [5.41, 5.74) is 2.01. The number of unbranched alkanes of at least 4 members (excludes halogenated alkanes) is 2. The van der Waals surface area contributed by atoms with E-state index in [-0.39, 0.29) is 5.91 Å². The van der Waals surface area contributed by atoms with E-state index in [1.165, 1.54) is 24.8 Å². The standard InChI is InChI=1S/C19H29NO/c1-4-11-18(20-19(21)16(2)3)15-10-6-9-14-17-12-7-5-8-13-17/h5,7-8,12-13,18H,2,4,6,9-11,14-15H2,1,3H3,(H,20,21). The molecule has 0 spiro atoms. The quantitative estimate of drug-likeness (QED) is 0.492. The van der Waals surface area contributed by atoms with Crippen LogP contribution in [0.25, 0.3) is 0 Å². The molecule has 0 saturated heterocycles. The molecule has 0 aliphatic rings. The van der Waals surface area contributed by atoms with Gasteiger partial charge < -0.3 is 5.32 Å². The highest BCUT2D eigenvalue weighted by atomic mass is 16.1. The average molecular weight is 287 g/mol. The number of carbonyl (C=O) groups excluding carboxylic acids is 1. The van der Waals surface area contributed by atoms with Gasteiger partial charge in [0.05, 0.1) is 0 Å². The largest absolute Gasteiger partial charge is 0.350 e. The molecule has 1 unspecified atom stereocenters. The first-order valence-corrected chi connectivity index (χ1v) is 8.13. The molecule has 0 aromatic heterocycles. The number of amides is 1. The SMILES string of the molecule is C=C(C)C(=O)NC(CCC)CCCCCc1ccccc1. The first kappa shape index (κ1) is 17.5. The van der Waals surface area contributed by atoms with Crippen LogP contribution in [0.15, 0.2) is 42.5 Å². The van der Waals surface area contributed by atoms with E-state index in [0.717, 1.165) is 25.7 Å². The number of aryl methyl sites for hydroxylation is 1. The first-order valence-electron chi connectivity index (χ1n) is 8.13. The Labute approximate surface area is 129 Å². The van der Waals surface area contributed by atoms with Gasteiger partial charge in [-0.1, -0.05) is 63.1 Å². The lowest BCUT2D eigenvalue weighted by molar-refractivity contribution is -0.118. The summed E-state index contributed by atoms with van der Waals surface area (Å²) in [6, 6.07) is 10.9. The molecule has 1 amide bonds. The van der Waals surface area contributed by atoms with Crippen molar-refractivity contribution in [3.05, 3.63) is 48.0 Å². The normalized spacial score (nSPS) is 11.9. The van der Waals surface area contributed by atoms with E-state index >= 15 is 0 Å². The maximum absolute atomic E-state index is 11.7. The second-order valence-corrected chi connectivity index (χ2v) is 5.82. The van der Waals surface area contributed by atoms with Crippen LogP contribution in [0, 0.1) is 0 Å². The maximum atomic E-state index is 11.7. The van der Waals surface area contributed by atoms with E-state index in [9.17, 15) is 4.79 Å². The van der Waals surface area contributed by atoms with Crippen LogP contribution >= 0.6 is 0 Å². The zero-order valence-corrected chi connectivity index (χ0v) is 13.5. The van der Waals surface area contributed by atoms with Gasteiger partial charge in [-0.2, -0.15) is 0 Å². The van der Waals surface area contributed by atoms with E-state index < -0.39 is 0 Å². The van der Waals surface area contributed by atoms with Crippen molar-refractivity contribution in [3.63, 3.8) is 0 Å². The highest BCUT2D eigenvalue weighted by Crippen LogP contribution is 2.12. The molecule has 0 fully saturated rings. The second-order valence-electron chi connectivity index (χ2n) is 5.82. The minimum absolute atomic E-state index is 0.00210. The Morgan fingerprint density at radius 3 is 2.48 bits per heavy atom. The number of rotatable bonds is 10. The molecule has 1 aromatic carbocycles. The number of hydrogen-bond donors (Lipinski definition) is 1. The van der Waals surface area contributed by atoms with Gasteiger partial charge in [0.2, 0.25) is 5.91 Å². The minimum atomic E-state index is -0.00210. The van der Waals surface area contributed by atoms with Crippen molar-refractivity contribution in [3.8, 4) is 0 Å². The molecule has 1 atom stereocenters. The molecule has 21 heavy (non-hydrogen) atoms. The zero-order valence-electron chi connectivity index (χ0n) is 13.5. The lowest BCUT2D eigenvalue weighted by atomic mass is 10.0. The van der Waals surface area contributed by atoms with Crippen LogP contribution in [0.4, 0.5) is 0 Å². The molecular formula is C19H29NO. The molecule has 0 bridgehead atoms. The predicted molar refractivity (Wildman–Crippen MR) is 90.3 cm³/mol. The van der Waals surface area contributed by atoms with Crippen LogP contribution in [0.1, 0.15) is 57.9 Å². The third kappa shape index (κ3) is 7.69. The van der Waals surface area contributed by atoms with Gasteiger partial charge in [-0.3, -0.25) is 4.79 Å². The number of carbonyl (C=O) groups is 1. The van der Waals surface area contributed by atoms with Crippen molar-refractivity contribution < 1.29 is 4.79 Å². The summed E-state index contributed by atoms with van der Waals surface area (Å²) in [6.07, 6.45) is 7.99. The van der Waals surface area contributed by atoms with Crippen LogP contribution < -0.4 is 5.32 Å². The van der Waals surface area contributed by atoms with E-state index in [1.807, 2.05) is 0 Å². The molecular weight excluding hydrogens is 258 g/mol. The van der Waals surface area contributed by atoms with Crippen LogP contribution in [0.2, 0.25) is 0 Å². The fraction of sp³-hybridized carbons (Fsp3) is 0.526. The summed E-state index contributed by atoms with van der Waals surface area (Å²) in [5.74, 6) is -0.00210. The summed E-state index contributed by atoms with van der Waals surface area (Å²) in [5, 5.41) is 3.09. The topological polar surface area (TPSA) is 29.1 Å². The highest BCUT2D eigenvalue weighted by Gasteiger charge is 2.11. The summed E-state index contributed by atoms with van der Waals surface area (Å²) < 4.78 is 0. The Balaban J connectivity index is 2.21. The van der Waals surface area contributed by atoms with Crippen LogP contribution in [-0.4, -0.2) is 11.9 Å². The van der Waals surface area contributed by atoms with Crippen LogP contribution in [0.5, 0.6) is 0 Å². The molecule has 0 aliphatic heterocycles. The molecule has 0 aliphatic carbocycles. The molecule has 1 rings (SSSR count). The van der Waals surface area contributed by atoms with Gasteiger partial charge in [-0.15, -0.1) is 0 Å². The molecule has 116 valence electrons. The molecule has 1 aromatic rings. The maximum Gasteiger partial charge on any atom is 0.246 e. The summed E-state index contributed by atoms with van der Waals surface area (Å²) in [4.78, 5) is 11.7. The lowest BCUT2D eigenvalue weighted by Gasteiger charge is -2.18. The van der Waals surface area contributed by atoms with Crippen molar-refractivity contribution >= 4 is 5.91 Å². The Morgan fingerprint density at radius 1 is 1.14 bits per heavy atom. The highest BCUT2D eigenvalue weighted by molar-refractivity contribution is 5.92. The van der Waals surface area contributed by atoms with Gasteiger partial charge in [-0.05, 0) is 38.2 Å². The summed E-state index contributed by atoms with van der Waals surface area (Å²) in [7, 11) is 0. The van der Waals surface area contributed by atoms with Crippen LogP contribution in [-0.2, 0) is 11.2 Å². The van der Waals surface area contributed by atoms with Gasteiger partial charge in [0, 0.05) is 11.6 Å². The van der Waals surface area contributed by atoms with Crippen molar-refractivity contribution in [2.75, 3.05) is 0 Å². The van der Waals surface area contributed by atoms with Crippen molar-refractivity contribution in [2.45, 2.75) is 64.8 Å². The predicted octanol–water partition coefficient (Wildman–Crippen LogP) is 4.65. The Morgan fingerprint density at radius 2 is 1.86 bits per heavy atom. The van der Waals surface area contributed by atoms with Gasteiger partial charge in [0.15, 0.2) is 0 Å². The smallest absolute Gasteiger partial charge is 0.246 e. The Kier molecular flexibility index (Phi) is 8.49. The van der Waals surface area contributed by atoms with E-state index in [2.05, 4.69) is 49.2 Å². The molecule has 0 saturated carbocycles. The third-order valence-electron chi connectivity index (χ3n) is 3.72.